The van der Waals surface area contributed by atoms with E-state index in [2.05, 4.69) is 5.32 Å². The molecule has 2 aromatic carbocycles. The SMILES string of the molecule is O=C(N[C@H](Cc1ccccc1)C(=O)N1CCCC1)c1ccc(F)cc1. The van der Waals surface area contributed by atoms with Crippen molar-refractivity contribution in [2.45, 2.75) is 25.3 Å². The topological polar surface area (TPSA) is 49.4 Å². The third-order valence-corrected chi connectivity index (χ3v) is 4.41. The number of nitrogens with one attached hydrogen (secondary N) is 1. The van der Waals surface area contributed by atoms with Crippen LogP contribution in [0.25, 0.3) is 0 Å². The summed E-state index contributed by atoms with van der Waals surface area (Å²) in [7, 11) is 0. The standard InChI is InChI=1S/C20H21FN2O2/c21-17-10-8-16(9-11-17)19(24)22-18(14-15-6-2-1-3-7-15)20(25)23-12-4-5-13-23/h1-3,6-11,18H,4-5,12-14H2,(H,22,24)/t18-/m1/s1. The van der Waals surface area contributed by atoms with Gasteiger partial charge < -0.3 is 10.2 Å². The molecule has 25 heavy (non-hydrogen) atoms. The van der Waals surface area contributed by atoms with Gasteiger partial charge in [-0.3, -0.25) is 9.59 Å². The molecular formula is C20H21FN2O2. The number of nitrogens with zero attached hydrogens (tertiary/aromatic N) is 1. The van der Waals surface area contributed by atoms with Crippen LogP contribution in [0.4, 0.5) is 4.39 Å². The van der Waals surface area contributed by atoms with E-state index in [-0.39, 0.29) is 11.8 Å². The highest BCUT2D eigenvalue weighted by Gasteiger charge is 2.28. The van der Waals surface area contributed by atoms with Gasteiger partial charge in [-0.25, -0.2) is 4.39 Å². The fraction of sp³-hybridized carbons (Fsp3) is 0.300. The second-order valence-corrected chi connectivity index (χ2v) is 6.26. The number of likely N-dealkylation sites (tertiary alicyclic amines) is 1. The number of rotatable bonds is 5. The Hall–Kier alpha value is -2.69. The molecule has 1 N–H and O–H groups in total. The zero-order valence-electron chi connectivity index (χ0n) is 14.0. The minimum atomic E-state index is -0.627. The summed E-state index contributed by atoms with van der Waals surface area (Å²) >= 11 is 0. The van der Waals surface area contributed by atoms with Gasteiger partial charge in [0.15, 0.2) is 0 Å². The van der Waals surface area contributed by atoms with Gasteiger partial charge in [0.2, 0.25) is 5.91 Å². The first-order valence-electron chi connectivity index (χ1n) is 8.52. The molecule has 1 aliphatic heterocycles. The van der Waals surface area contributed by atoms with Crippen LogP contribution < -0.4 is 5.32 Å². The molecule has 1 aliphatic rings. The van der Waals surface area contributed by atoms with Crippen molar-refractivity contribution in [3.8, 4) is 0 Å². The average Bonchev–Trinajstić information content (AvgIpc) is 3.16. The number of benzene rings is 2. The van der Waals surface area contributed by atoms with E-state index in [0.29, 0.717) is 12.0 Å². The second-order valence-electron chi connectivity index (χ2n) is 6.26. The fourth-order valence-electron chi connectivity index (χ4n) is 3.05. The minimum absolute atomic E-state index is 0.0585. The van der Waals surface area contributed by atoms with E-state index >= 15 is 0 Å². The molecule has 5 heteroatoms. The number of halogens is 1. The highest BCUT2D eigenvalue weighted by molar-refractivity contribution is 5.97. The second kappa shape index (κ2) is 7.92. The molecule has 0 saturated carbocycles. The fourth-order valence-corrected chi connectivity index (χ4v) is 3.05. The van der Waals surface area contributed by atoms with Gasteiger partial charge in [0.05, 0.1) is 0 Å². The number of hydrogen-bond donors (Lipinski definition) is 1. The number of amides is 2. The summed E-state index contributed by atoms with van der Waals surface area (Å²) in [6.07, 6.45) is 2.43. The molecule has 1 heterocycles. The van der Waals surface area contributed by atoms with Gasteiger partial charge in [-0.2, -0.15) is 0 Å². The predicted molar refractivity (Wildman–Crippen MR) is 93.6 cm³/mol. The first-order chi connectivity index (χ1) is 12.1. The van der Waals surface area contributed by atoms with Crippen molar-refractivity contribution in [3.63, 3.8) is 0 Å². The van der Waals surface area contributed by atoms with Gasteiger partial charge in [-0.15, -0.1) is 0 Å². The third-order valence-electron chi connectivity index (χ3n) is 4.41. The van der Waals surface area contributed by atoms with E-state index in [4.69, 9.17) is 0 Å². The Bertz CT molecular complexity index is 725. The molecule has 4 nitrogen and oxygen atoms in total. The summed E-state index contributed by atoms with van der Waals surface area (Å²) < 4.78 is 13.0. The Labute approximate surface area is 146 Å². The Balaban J connectivity index is 1.76. The molecule has 0 radical (unpaired) electrons. The maximum atomic E-state index is 13.0. The molecular weight excluding hydrogens is 319 g/mol. The Kier molecular flexibility index (Phi) is 5.43. The van der Waals surface area contributed by atoms with Gasteiger partial charge in [-0.05, 0) is 42.7 Å². The van der Waals surface area contributed by atoms with Gasteiger partial charge in [-0.1, -0.05) is 30.3 Å². The summed E-state index contributed by atoms with van der Waals surface area (Å²) in [6, 6.07) is 14.3. The van der Waals surface area contributed by atoms with E-state index < -0.39 is 11.9 Å². The molecule has 3 rings (SSSR count). The molecule has 130 valence electrons. The Morgan fingerprint density at radius 1 is 1.00 bits per heavy atom. The Morgan fingerprint density at radius 3 is 2.28 bits per heavy atom. The van der Waals surface area contributed by atoms with Crippen molar-refractivity contribution in [1.82, 2.24) is 10.2 Å². The highest BCUT2D eigenvalue weighted by atomic mass is 19.1. The van der Waals surface area contributed by atoms with Crippen molar-refractivity contribution in [1.29, 1.82) is 0 Å². The lowest BCUT2D eigenvalue weighted by atomic mass is 10.0. The van der Waals surface area contributed by atoms with Gasteiger partial charge >= 0.3 is 0 Å². The first kappa shape index (κ1) is 17.1. The normalized spacial score (nSPS) is 15.0. The maximum absolute atomic E-state index is 13.0. The van der Waals surface area contributed by atoms with Crippen molar-refractivity contribution < 1.29 is 14.0 Å². The monoisotopic (exact) mass is 340 g/mol. The van der Waals surface area contributed by atoms with Crippen molar-refractivity contribution in [3.05, 3.63) is 71.5 Å². The molecule has 2 amide bonds. The van der Waals surface area contributed by atoms with Gasteiger partial charge in [0, 0.05) is 25.1 Å². The van der Waals surface area contributed by atoms with Crippen molar-refractivity contribution >= 4 is 11.8 Å². The molecule has 1 fully saturated rings. The molecule has 1 saturated heterocycles. The largest absolute Gasteiger partial charge is 0.341 e. The third kappa shape index (κ3) is 4.44. The smallest absolute Gasteiger partial charge is 0.251 e. The van der Waals surface area contributed by atoms with Gasteiger partial charge in [0.25, 0.3) is 5.91 Å². The van der Waals surface area contributed by atoms with Crippen molar-refractivity contribution in [2.75, 3.05) is 13.1 Å². The minimum Gasteiger partial charge on any atom is -0.341 e. The molecule has 0 spiro atoms. The lowest BCUT2D eigenvalue weighted by Gasteiger charge is -2.24. The number of hydrogen-bond acceptors (Lipinski definition) is 2. The lowest BCUT2D eigenvalue weighted by molar-refractivity contribution is -0.132. The molecule has 1 atom stereocenters. The maximum Gasteiger partial charge on any atom is 0.251 e. The van der Waals surface area contributed by atoms with E-state index in [0.717, 1.165) is 31.5 Å². The van der Waals surface area contributed by atoms with Crippen LogP contribution >= 0.6 is 0 Å². The summed E-state index contributed by atoms with van der Waals surface area (Å²) in [5.74, 6) is -0.823. The van der Waals surface area contributed by atoms with Crippen LogP contribution in [0.1, 0.15) is 28.8 Å². The van der Waals surface area contributed by atoms with E-state index in [1.54, 1.807) is 4.90 Å². The van der Waals surface area contributed by atoms with Crippen LogP contribution in [0.5, 0.6) is 0 Å². The lowest BCUT2D eigenvalue weighted by Crippen LogP contribution is -2.49. The summed E-state index contributed by atoms with van der Waals surface area (Å²) in [5.41, 5.74) is 1.33. The number of carbonyl (C=O) groups excluding carboxylic acids is 2. The van der Waals surface area contributed by atoms with Crippen LogP contribution in [-0.2, 0) is 11.2 Å². The summed E-state index contributed by atoms with van der Waals surface area (Å²) in [6.45, 7) is 1.47. The van der Waals surface area contributed by atoms with Gasteiger partial charge in [0.1, 0.15) is 11.9 Å². The van der Waals surface area contributed by atoms with Crippen LogP contribution in [0.15, 0.2) is 54.6 Å². The quantitative estimate of drug-likeness (QED) is 0.910. The predicted octanol–water partition coefficient (Wildman–Crippen LogP) is 2.79. The molecule has 2 aromatic rings. The van der Waals surface area contributed by atoms with Crippen LogP contribution in [-0.4, -0.2) is 35.8 Å². The molecule has 0 bridgehead atoms. The van der Waals surface area contributed by atoms with Crippen molar-refractivity contribution in [2.24, 2.45) is 0 Å². The molecule has 0 aliphatic carbocycles. The van der Waals surface area contributed by atoms with Crippen LogP contribution in [0.2, 0.25) is 0 Å². The zero-order valence-corrected chi connectivity index (χ0v) is 14.0. The zero-order chi connectivity index (χ0) is 17.6. The van der Waals surface area contributed by atoms with Crippen LogP contribution in [0, 0.1) is 5.82 Å². The van der Waals surface area contributed by atoms with E-state index in [1.165, 1.54) is 24.3 Å². The van der Waals surface area contributed by atoms with Crippen LogP contribution in [0.3, 0.4) is 0 Å². The average molecular weight is 340 g/mol. The molecule has 0 aromatic heterocycles. The van der Waals surface area contributed by atoms with E-state index in [9.17, 15) is 14.0 Å². The highest BCUT2D eigenvalue weighted by Crippen LogP contribution is 2.13. The van der Waals surface area contributed by atoms with E-state index in [1.807, 2.05) is 30.3 Å². The summed E-state index contributed by atoms with van der Waals surface area (Å²) in [4.78, 5) is 27.1. The Morgan fingerprint density at radius 2 is 1.64 bits per heavy atom. The number of carbonyl (C=O) groups is 2. The summed E-state index contributed by atoms with van der Waals surface area (Å²) in [5, 5.41) is 2.83. The molecule has 0 unspecified atom stereocenters. The first-order valence-corrected chi connectivity index (χ1v) is 8.52.